The van der Waals surface area contributed by atoms with Gasteiger partial charge in [-0.2, -0.15) is 0 Å². The summed E-state index contributed by atoms with van der Waals surface area (Å²) in [6.45, 7) is 0. The number of para-hydroxylation sites is 3. The fraction of sp³-hybridized carbons (Fsp3) is 0.0282. The lowest BCUT2D eigenvalue weighted by atomic mass is 9.85. The minimum Gasteiger partial charge on any atom is -0.309 e. The van der Waals surface area contributed by atoms with Crippen LogP contribution in [0.2, 0.25) is 0 Å². The molecule has 4 nitrogen and oxygen atoms in total. The maximum Gasteiger partial charge on any atom is 0.0644 e. The molecule has 0 bridgehead atoms. The highest BCUT2D eigenvalue weighted by molar-refractivity contribution is 6.18. The molecule has 0 radical (unpaired) electrons. The molecule has 0 amide bonds. The van der Waals surface area contributed by atoms with Gasteiger partial charge in [-0.1, -0.05) is 176 Å². The SMILES string of the molecule is c1ccc(CC(c2ccccc2)c2ccc(N3c4ccc(-c5cccc(N(c6ccccc6)c6cccnc6)c5)cc4-c4cccc5c(-c6ccc7c(c6)c6ccccc6n7-c6ccccc6)ccc3c45)cc2)cc1. The number of pyridine rings is 1. The molecule has 1 aliphatic heterocycles. The molecule has 0 aliphatic carbocycles. The van der Waals surface area contributed by atoms with Gasteiger partial charge >= 0.3 is 0 Å². The normalized spacial score (nSPS) is 12.2. The van der Waals surface area contributed by atoms with Gasteiger partial charge in [0.1, 0.15) is 0 Å². The molecule has 14 rings (SSSR count). The summed E-state index contributed by atoms with van der Waals surface area (Å²) in [7, 11) is 0. The predicted molar refractivity (Wildman–Crippen MR) is 314 cm³/mol. The van der Waals surface area contributed by atoms with Crippen molar-refractivity contribution in [1.82, 2.24) is 9.55 Å². The second kappa shape index (κ2) is 18.7. The van der Waals surface area contributed by atoms with Gasteiger partial charge in [-0.25, -0.2) is 0 Å². The molecule has 0 saturated heterocycles. The number of nitrogens with zero attached hydrogens (tertiary/aromatic N) is 4. The molecule has 1 atom stereocenters. The number of aromatic nitrogens is 2. The Hall–Kier alpha value is -9.77. The Morgan fingerprint density at radius 3 is 1.81 bits per heavy atom. The Labute approximate surface area is 437 Å². The summed E-state index contributed by atoms with van der Waals surface area (Å²) in [5.41, 5.74) is 21.2. The first kappa shape index (κ1) is 44.0. The number of benzene rings is 11. The van der Waals surface area contributed by atoms with Crippen LogP contribution in [0.4, 0.5) is 34.1 Å². The zero-order valence-corrected chi connectivity index (χ0v) is 41.2. The van der Waals surface area contributed by atoms with E-state index in [2.05, 4.69) is 286 Å². The molecule has 2 aromatic heterocycles. The Morgan fingerprint density at radius 1 is 0.373 bits per heavy atom. The molecular formula is C71H50N4. The Morgan fingerprint density at radius 2 is 1.01 bits per heavy atom. The highest BCUT2D eigenvalue weighted by Gasteiger charge is 2.29. The fourth-order valence-corrected chi connectivity index (χ4v) is 11.7. The summed E-state index contributed by atoms with van der Waals surface area (Å²) >= 11 is 0. The van der Waals surface area contributed by atoms with Gasteiger partial charge in [0.05, 0.1) is 34.3 Å². The van der Waals surface area contributed by atoms with Crippen molar-refractivity contribution < 1.29 is 0 Å². The van der Waals surface area contributed by atoms with Crippen LogP contribution in [0.1, 0.15) is 22.6 Å². The molecule has 11 aromatic carbocycles. The molecule has 4 heteroatoms. The number of fused-ring (bicyclic) bond motifs is 5. The van der Waals surface area contributed by atoms with Crippen molar-refractivity contribution in [2.24, 2.45) is 0 Å². The Balaban J connectivity index is 0.933. The molecule has 3 heterocycles. The number of hydrogen-bond donors (Lipinski definition) is 0. The fourth-order valence-electron chi connectivity index (χ4n) is 11.7. The standard InChI is InChI=1S/C71H50N4/c1-5-18-49(19-6-1)44-64(50-20-7-2-8-21-50)51-33-37-57(38-34-51)75-69-40-35-53(52-22-15-27-58(45-52)73(55-23-9-3-10-24-55)59-28-17-43-72-48-59)46-66(69)63-31-16-30-62-60(39-42-70(75)71(62)63)54-36-41-68-65(47-54)61-29-13-14-32-67(61)74(68)56-25-11-4-12-26-56/h1-43,45-48,64H,44H2. The first-order chi connectivity index (χ1) is 37.2. The van der Waals surface area contributed by atoms with E-state index in [4.69, 9.17) is 0 Å². The topological polar surface area (TPSA) is 24.3 Å². The molecule has 1 unspecified atom stereocenters. The van der Waals surface area contributed by atoms with E-state index >= 15 is 0 Å². The van der Waals surface area contributed by atoms with Gasteiger partial charge in [0.2, 0.25) is 0 Å². The number of anilines is 6. The first-order valence-electron chi connectivity index (χ1n) is 25.9. The van der Waals surface area contributed by atoms with Crippen molar-refractivity contribution in [3.63, 3.8) is 0 Å². The van der Waals surface area contributed by atoms with Crippen LogP contribution in [-0.4, -0.2) is 9.55 Å². The summed E-state index contributed by atoms with van der Waals surface area (Å²) in [4.78, 5) is 9.28. The van der Waals surface area contributed by atoms with Crippen molar-refractivity contribution in [1.29, 1.82) is 0 Å². The Kier molecular flexibility index (Phi) is 11.0. The molecule has 1 aliphatic rings. The summed E-state index contributed by atoms with van der Waals surface area (Å²) < 4.78 is 2.39. The lowest BCUT2D eigenvalue weighted by molar-refractivity contribution is 0.805. The maximum atomic E-state index is 4.51. The highest BCUT2D eigenvalue weighted by atomic mass is 15.2. The first-order valence-corrected chi connectivity index (χ1v) is 25.9. The van der Waals surface area contributed by atoms with E-state index in [0.717, 1.165) is 51.7 Å². The van der Waals surface area contributed by atoms with Crippen molar-refractivity contribution in [2.45, 2.75) is 12.3 Å². The maximum absolute atomic E-state index is 4.51. The lowest BCUT2D eigenvalue weighted by Gasteiger charge is -2.34. The molecule has 0 fully saturated rings. The van der Waals surface area contributed by atoms with Gasteiger partial charge in [-0.15, -0.1) is 0 Å². The summed E-state index contributed by atoms with van der Waals surface area (Å²) in [6, 6.07) is 99.9. The van der Waals surface area contributed by atoms with Gasteiger partial charge in [-0.05, 0) is 153 Å². The van der Waals surface area contributed by atoms with Crippen molar-refractivity contribution in [2.75, 3.05) is 9.80 Å². The summed E-state index contributed by atoms with van der Waals surface area (Å²) in [6.07, 6.45) is 4.67. The van der Waals surface area contributed by atoms with E-state index in [0.29, 0.717) is 0 Å². The van der Waals surface area contributed by atoms with Crippen LogP contribution in [0, 0.1) is 0 Å². The number of rotatable bonds is 11. The molecule has 13 aromatic rings. The third kappa shape index (κ3) is 7.83. The van der Waals surface area contributed by atoms with Crippen molar-refractivity contribution in [3.8, 4) is 39.1 Å². The van der Waals surface area contributed by atoms with E-state index in [-0.39, 0.29) is 5.92 Å². The molecule has 0 N–H and O–H groups in total. The zero-order valence-electron chi connectivity index (χ0n) is 41.2. The van der Waals surface area contributed by atoms with Crippen LogP contribution in [0.3, 0.4) is 0 Å². The van der Waals surface area contributed by atoms with E-state index in [9.17, 15) is 0 Å². The van der Waals surface area contributed by atoms with Crippen LogP contribution in [0.5, 0.6) is 0 Å². The zero-order chi connectivity index (χ0) is 49.7. The highest BCUT2D eigenvalue weighted by Crippen LogP contribution is 2.54. The average Bonchev–Trinajstić information content (AvgIpc) is 3.83. The van der Waals surface area contributed by atoms with Gasteiger partial charge in [0.25, 0.3) is 0 Å². The second-order valence-corrected chi connectivity index (χ2v) is 19.5. The Bertz CT molecular complexity index is 4150. The molecule has 0 spiro atoms. The van der Waals surface area contributed by atoms with Gasteiger partial charge < -0.3 is 14.4 Å². The van der Waals surface area contributed by atoms with Gasteiger partial charge in [0, 0.05) is 56.6 Å². The van der Waals surface area contributed by atoms with Gasteiger partial charge in [-0.3, -0.25) is 4.98 Å². The largest absolute Gasteiger partial charge is 0.309 e. The van der Waals surface area contributed by atoms with E-state index < -0.39 is 0 Å². The minimum atomic E-state index is 0.205. The smallest absolute Gasteiger partial charge is 0.0644 e. The molecule has 354 valence electrons. The number of hydrogen-bond acceptors (Lipinski definition) is 3. The third-order valence-corrected chi connectivity index (χ3v) is 15.2. The molecule has 75 heavy (non-hydrogen) atoms. The third-order valence-electron chi connectivity index (χ3n) is 15.2. The molecular weight excluding hydrogens is 909 g/mol. The van der Waals surface area contributed by atoms with Crippen LogP contribution in [-0.2, 0) is 6.42 Å². The average molecular weight is 959 g/mol. The summed E-state index contributed by atoms with van der Waals surface area (Å²) in [5.74, 6) is 0.205. The van der Waals surface area contributed by atoms with Crippen LogP contribution in [0.25, 0.3) is 71.6 Å². The van der Waals surface area contributed by atoms with Crippen molar-refractivity contribution in [3.05, 3.63) is 302 Å². The van der Waals surface area contributed by atoms with Crippen LogP contribution in [0.15, 0.2) is 285 Å². The lowest BCUT2D eigenvalue weighted by Crippen LogP contribution is -2.15. The van der Waals surface area contributed by atoms with Crippen molar-refractivity contribution >= 4 is 66.7 Å². The van der Waals surface area contributed by atoms with E-state index in [1.807, 2.05) is 18.5 Å². The summed E-state index contributed by atoms with van der Waals surface area (Å²) in [5, 5.41) is 4.94. The minimum absolute atomic E-state index is 0.205. The monoisotopic (exact) mass is 958 g/mol. The van der Waals surface area contributed by atoms with Crippen LogP contribution < -0.4 is 9.80 Å². The van der Waals surface area contributed by atoms with Gasteiger partial charge in [0.15, 0.2) is 0 Å². The second-order valence-electron chi connectivity index (χ2n) is 19.5. The predicted octanol–water partition coefficient (Wildman–Crippen LogP) is 19.0. The molecule has 0 saturated carbocycles. The van der Waals surface area contributed by atoms with Crippen LogP contribution >= 0.6 is 0 Å². The van der Waals surface area contributed by atoms with E-state index in [1.54, 1.807) is 0 Å². The quantitative estimate of drug-likeness (QED) is 0.129. The van der Waals surface area contributed by atoms with E-state index in [1.165, 1.54) is 77.2 Å².